The molecule has 9 heteroatoms. The molecule has 2 aromatic carbocycles. The maximum absolute atomic E-state index is 11.9. The summed E-state index contributed by atoms with van der Waals surface area (Å²) in [7, 11) is -3.76. The monoisotopic (exact) mass is 337 g/mol. The van der Waals surface area contributed by atoms with E-state index in [-0.39, 0.29) is 16.3 Å². The second-order valence-corrected chi connectivity index (χ2v) is 6.83. The molecule has 122 valence electrons. The third-order valence-electron chi connectivity index (χ3n) is 3.07. The third kappa shape index (κ3) is 3.96. The van der Waals surface area contributed by atoms with Crippen molar-refractivity contribution in [3.8, 4) is 0 Å². The second-order valence-electron chi connectivity index (χ2n) is 4.73. The zero-order chi connectivity index (χ0) is 17.0. The van der Waals surface area contributed by atoms with Crippen molar-refractivity contribution < 1.29 is 18.4 Å². The third-order valence-corrected chi connectivity index (χ3v) is 4.77. The Kier molecular flexibility index (Phi) is 4.82. The topological polar surface area (TPSA) is 136 Å². The Balaban J connectivity index is 2.41. The Morgan fingerprint density at radius 3 is 2.39 bits per heavy atom. The predicted molar refractivity (Wildman–Crippen MR) is 86.4 cm³/mol. The normalized spacial score (nSPS) is 11.2. The van der Waals surface area contributed by atoms with Gasteiger partial charge in [0.25, 0.3) is 5.69 Å². The summed E-state index contributed by atoms with van der Waals surface area (Å²) in [4.78, 5) is 10.3. The number of sulfone groups is 1. The van der Waals surface area contributed by atoms with Gasteiger partial charge in [0, 0.05) is 17.4 Å². The average molecular weight is 337 g/mol. The van der Waals surface area contributed by atoms with Gasteiger partial charge in [-0.2, -0.15) is 0 Å². The fourth-order valence-electron chi connectivity index (χ4n) is 1.92. The first-order valence-electron chi connectivity index (χ1n) is 6.58. The van der Waals surface area contributed by atoms with Gasteiger partial charge in [-0.3, -0.25) is 10.1 Å². The SMILES string of the molecule is Nc1ccc(Nc2ccc(S(=O)(=O)CCO)cc2[N+](=O)[O-])cc1. The molecule has 0 saturated heterocycles. The highest BCUT2D eigenvalue weighted by Crippen LogP contribution is 2.30. The van der Waals surface area contributed by atoms with Crippen LogP contribution in [0.15, 0.2) is 47.4 Å². The van der Waals surface area contributed by atoms with E-state index in [4.69, 9.17) is 10.8 Å². The molecule has 23 heavy (non-hydrogen) atoms. The van der Waals surface area contributed by atoms with E-state index in [2.05, 4.69) is 5.32 Å². The number of hydrogen-bond donors (Lipinski definition) is 3. The molecule has 0 aliphatic heterocycles. The van der Waals surface area contributed by atoms with E-state index in [9.17, 15) is 18.5 Å². The summed E-state index contributed by atoms with van der Waals surface area (Å²) in [6.07, 6.45) is 0. The summed E-state index contributed by atoms with van der Waals surface area (Å²) in [5.74, 6) is -0.491. The molecular weight excluding hydrogens is 322 g/mol. The number of nitro groups is 1. The van der Waals surface area contributed by atoms with Crippen LogP contribution in [0.3, 0.4) is 0 Å². The van der Waals surface area contributed by atoms with Gasteiger partial charge in [0.1, 0.15) is 5.69 Å². The molecule has 0 bridgehead atoms. The fraction of sp³-hybridized carbons (Fsp3) is 0.143. The van der Waals surface area contributed by atoms with Crippen molar-refractivity contribution in [2.24, 2.45) is 0 Å². The van der Waals surface area contributed by atoms with Gasteiger partial charge in [0.15, 0.2) is 9.84 Å². The number of aliphatic hydroxyl groups excluding tert-OH is 1. The maximum atomic E-state index is 11.9. The summed E-state index contributed by atoms with van der Waals surface area (Å²) < 4.78 is 23.8. The number of nitrogen functional groups attached to an aromatic ring is 1. The minimum Gasteiger partial charge on any atom is -0.399 e. The number of nitrogens with two attached hydrogens (primary N) is 1. The quantitative estimate of drug-likeness (QED) is 0.414. The molecule has 0 spiro atoms. The molecule has 0 fully saturated rings. The average Bonchev–Trinajstić information content (AvgIpc) is 2.49. The molecule has 0 saturated carbocycles. The van der Waals surface area contributed by atoms with Crippen molar-refractivity contribution in [3.63, 3.8) is 0 Å². The van der Waals surface area contributed by atoms with Crippen molar-refractivity contribution >= 4 is 32.6 Å². The van der Waals surface area contributed by atoms with Crippen LogP contribution in [0.2, 0.25) is 0 Å². The lowest BCUT2D eigenvalue weighted by molar-refractivity contribution is -0.384. The van der Waals surface area contributed by atoms with Gasteiger partial charge >= 0.3 is 0 Å². The van der Waals surface area contributed by atoms with Crippen LogP contribution in [0.5, 0.6) is 0 Å². The first kappa shape index (κ1) is 16.7. The van der Waals surface area contributed by atoms with Crippen molar-refractivity contribution in [1.29, 1.82) is 0 Å². The molecule has 0 unspecified atom stereocenters. The largest absolute Gasteiger partial charge is 0.399 e. The van der Waals surface area contributed by atoms with Crippen molar-refractivity contribution in [1.82, 2.24) is 0 Å². The molecule has 0 aromatic heterocycles. The van der Waals surface area contributed by atoms with Gasteiger partial charge in [-0.05, 0) is 36.4 Å². The number of nitro benzene ring substituents is 1. The number of benzene rings is 2. The van der Waals surface area contributed by atoms with Crippen LogP contribution in [0.1, 0.15) is 0 Å². The molecule has 2 aromatic rings. The van der Waals surface area contributed by atoms with E-state index < -0.39 is 27.1 Å². The zero-order valence-electron chi connectivity index (χ0n) is 12.0. The van der Waals surface area contributed by atoms with Gasteiger partial charge in [-0.15, -0.1) is 0 Å². The molecular formula is C14H15N3O5S. The molecule has 0 radical (unpaired) electrons. The molecule has 0 aliphatic carbocycles. The van der Waals surface area contributed by atoms with Crippen LogP contribution in [-0.4, -0.2) is 30.8 Å². The molecule has 2 rings (SSSR count). The smallest absolute Gasteiger partial charge is 0.293 e. The number of aliphatic hydroxyl groups is 1. The Morgan fingerprint density at radius 1 is 1.17 bits per heavy atom. The molecule has 8 nitrogen and oxygen atoms in total. The molecule has 0 amide bonds. The molecule has 4 N–H and O–H groups in total. The first-order valence-corrected chi connectivity index (χ1v) is 8.23. The molecule has 0 atom stereocenters. The van der Waals surface area contributed by atoms with E-state index in [0.717, 1.165) is 6.07 Å². The zero-order valence-corrected chi connectivity index (χ0v) is 12.8. The van der Waals surface area contributed by atoms with Crippen LogP contribution in [0.25, 0.3) is 0 Å². The predicted octanol–water partition coefficient (Wildman–Crippen LogP) is 1.69. The van der Waals surface area contributed by atoms with Crippen LogP contribution in [0.4, 0.5) is 22.7 Å². The maximum Gasteiger partial charge on any atom is 0.293 e. The van der Waals surface area contributed by atoms with Crippen LogP contribution >= 0.6 is 0 Å². The number of nitrogens with zero attached hydrogens (tertiary/aromatic N) is 1. The second kappa shape index (κ2) is 6.63. The number of hydrogen-bond acceptors (Lipinski definition) is 7. The van der Waals surface area contributed by atoms with E-state index in [0.29, 0.717) is 11.4 Å². The van der Waals surface area contributed by atoms with Gasteiger partial charge in [0.2, 0.25) is 0 Å². The highest BCUT2D eigenvalue weighted by atomic mass is 32.2. The number of rotatable bonds is 6. The Bertz CT molecular complexity index is 819. The lowest BCUT2D eigenvalue weighted by atomic mass is 10.2. The Morgan fingerprint density at radius 2 is 1.83 bits per heavy atom. The summed E-state index contributed by atoms with van der Waals surface area (Å²) in [5.41, 5.74) is 6.48. The standard InChI is InChI=1S/C14H15N3O5S/c15-10-1-3-11(4-2-10)16-13-6-5-12(9-14(13)17(19)20)23(21,22)8-7-18/h1-6,9,16,18H,7-8,15H2. The van der Waals surface area contributed by atoms with E-state index in [1.54, 1.807) is 24.3 Å². The fourth-order valence-corrected chi connectivity index (χ4v) is 2.96. The summed E-state index contributed by atoms with van der Waals surface area (Å²) in [6, 6.07) is 10.1. The van der Waals surface area contributed by atoms with E-state index >= 15 is 0 Å². The van der Waals surface area contributed by atoms with Crippen LogP contribution in [-0.2, 0) is 9.84 Å². The van der Waals surface area contributed by atoms with Gasteiger partial charge in [-0.1, -0.05) is 0 Å². The van der Waals surface area contributed by atoms with E-state index in [1.807, 2.05) is 0 Å². The Labute approximate surface area is 132 Å². The first-order chi connectivity index (χ1) is 10.8. The Hall–Kier alpha value is -2.65. The van der Waals surface area contributed by atoms with Crippen molar-refractivity contribution in [2.45, 2.75) is 4.90 Å². The van der Waals surface area contributed by atoms with Crippen molar-refractivity contribution in [3.05, 3.63) is 52.6 Å². The summed E-state index contributed by atoms with van der Waals surface area (Å²) >= 11 is 0. The summed E-state index contributed by atoms with van der Waals surface area (Å²) in [5, 5.41) is 22.8. The number of nitrogens with one attached hydrogen (secondary N) is 1. The minimum absolute atomic E-state index is 0.155. The molecule has 0 heterocycles. The highest BCUT2D eigenvalue weighted by Gasteiger charge is 2.21. The number of anilines is 3. The lowest BCUT2D eigenvalue weighted by Crippen LogP contribution is -2.10. The van der Waals surface area contributed by atoms with Gasteiger partial charge < -0.3 is 16.2 Å². The summed E-state index contributed by atoms with van der Waals surface area (Å²) in [6.45, 7) is -0.554. The van der Waals surface area contributed by atoms with Crippen LogP contribution < -0.4 is 11.1 Å². The highest BCUT2D eigenvalue weighted by molar-refractivity contribution is 7.91. The van der Waals surface area contributed by atoms with Gasteiger partial charge in [-0.25, -0.2) is 8.42 Å². The van der Waals surface area contributed by atoms with Crippen LogP contribution in [0, 0.1) is 10.1 Å². The van der Waals surface area contributed by atoms with E-state index in [1.165, 1.54) is 12.1 Å². The van der Waals surface area contributed by atoms with Crippen molar-refractivity contribution in [2.75, 3.05) is 23.4 Å². The molecule has 0 aliphatic rings. The van der Waals surface area contributed by atoms with Gasteiger partial charge in [0.05, 0.1) is 22.2 Å². The lowest BCUT2D eigenvalue weighted by Gasteiger charge is -2.09. The minimum atomic E-state index is -3.76.